The molecule has 0 saturated heterocycles. The highest BCUT2D eigenvalue weighted by atomic mass is 32.2. The summed E-state index contributed by atoms with van der Waals surface area (Å²) in [5.41, 5.74) is 0. The van der Waals surface area contributed by atoms with Crippen LogP contribution in [0.1, 0.15) is 40.2 Å². The van der Waals surface area contributed by atoms with E-state index in [1.165, 1.54) is 11.8 Å². The normalized spacial score (nSPS) is 11.0. The third kappa shape index (κ3) is 6.61. The molecule has 2 N–H and O–H groups in total. The van der Waals surface area contributed by atoms with Crippen LogP contribution >= 0.6 is 11.8 Å². The van der Waals surface area contributed by atoms with Gasteiger partial charge in [-0.05, 0) is 26.2 Å². The van der Waals surface area contributed by atoms with Crippen molar-refractivity contribution in [2.45, 2.75) is 45.3 Å². The molecule has 1 heterocycles. The van der Waals surface area contributed by atoms with Gasteiger partial charge < -0.3 is 9.88 Å². The molecule has 118 valence electrons. The summed E-state index contributed by atoms with van der Waals surface area (Å²) >= 11 is 1.26. The van der Waals surface area contributed by atoms with Crippen molar-refractivity contribution in [3.05, 3.63) is 6.33 Å². The Balaban J connectivity index is 2.30. The Hall–Kier alpha value is -1.57. The van der Waals surface area contributed by atoms with Crippen molar-refractivity contribution in [1.82, 2.24) is 25.4 Å². The molecule has 8 heteroatoms. The lowest BCUT2D eigenvalue weighted by Gasteiger charge is -2.10. The van der Waals surface area contributed by atoms with Gasteiger partial charge in [-0.3, -0.25) is 10.1 Å². The summed E-state index contributed by atoms with van der Waals surface area (Å²) in [4.78, 5) is 23.2. The fourth-order valence-electron chi connectivity index (χ4n) is 1.50. The first-order valence-corrected chi connectivity index (χ1v) is 7.98. The third-order valence-electron chi connectivity index (χ3n) is 2.69. The predicted molar refractivity (Wildman–Crippen MR) is 82.1 cm³/mol. The second-order valence-electron chi connectivity index (χ2n) is 5.39. The van der Waals surface area contributed by atoms with E-state index in [4.69, 9.17) is 0 Å². The Labute approximate surface area is 129 Å². The van der Waals surface area contributed by atoms with Crippen molar-refractivity contribution in [3.63, 3.8) is 0 Å². The lowest BCUT2D eigenvalue weighted by Crippen LogP contribution is -2.40. The summed E-state index contributed by atoms with van der Waals surface area (Å²) in [5.74, 6) is 0.294. The summed E-state index contributed by atoms with van der Waals surface area (Å²) in [6.45, 7) is 8.73. The second-order valence-corrected chi connectivity index (χ2v) is 6.33. The maximum atomic E-state index is 11.7. The second kappa shape index (κ2) is 8.66. The zero-order valence-corrected chi connectivity index (χ0v) is 13.7. The van der Waals surface area contributed by atoms with Gasteiger partial charge in [-0.1, -0.05) is 25.6 Å². The van der Waals surface area contributed by atoms with Crippen LogP contribution in [0.2, 0.25) is 0 Å². The number of carbonyl (C=O) groups excluding carboxylic acids is 2. The summed E-state index contributed by atoms with van der Waals surface area (Å²) in [5, 5.41) is 13.4. The van der Waals surface area contributed by atoms with Gasteiger partial charge in [-0.25, -0.2) is 4.79 Å². The minimum Gasteiger partial charge on any atom is -0.338 e. The number of hydrogen-bond donors (Lipinski definition) is 2. The van der Waals surface area contributed by atoms with Crippen LogP contribution in [0, 0.1) is 5.92 Å². The molecular formula is C13H23N5O2S. The van der Waals surface area contributed by atoms with Gasteiger partial charge in [0.25, 0.3) is 0 Å². The van der Waals surface area contributed by atoms with E-state index >= 15 is 0 Å². The zero-order chi connectivity index (χ0) is 15.8. The molecule has 0 atom stereocenters. The molecule has 0 aromatic carbocycles. The predicted octanol–water partition coefficient (Wildman–Crippen LogP) is 1.82. The van der Waals surface area contributed by atoms with Crippen LogP contribution in [0.4, 0.5) is 4.79 Å². The molecule has 3 amide bonds. The van der Waals surface area contributed by atoms with Gasteiger partial charge in [0.15, 0.2) is 5.16 Å². The Morgan fingerprint density at radius 1 is 1.33 bits per heavy atom. The minimum atomic E-state index is -0.452. The van der Waals surface area contributed by atoms with E-state index in [2.05, 4.69) is 34.7 Å². The maximum Gasteiger partial charge on any atom is 0.321 e. The molecule has 0 fully saturated rings. The summed E-state index contributed by atoms with van der Waals surface area (Å²) < 4.78 is 1.88. The number of aromatic nitrogens is 3. The van der Waals surface area contributed by atoms with Crippen molar-refractivity contribution in [1.29, 1.82) is 0 Å². The topological polar surface area (TPSA) is 88.9 Å². The highest BCUT2D eigenvalue weighted by Gasteiger charge is 2.12. The van der Waals surface area contributed by atoms with Crippen LogP contribution in [0.3, 0.4) is 0 Å². The molecule has 1 aromatic heterocycles. The molecule has 0 unspecified atom stereocenters. The van der Waals surface area contributed by atoms with E-state index in [9.17, 15) is 9.59 Å². The Morgan fingerprint density at radius 2 is 2.05 bits per heavy atom. The number of nitrogens with zero attached hydrogens (tertiary/aromatic N) is 3. The molecule has 1 rings (SSSR count). The number of amides is 3. The summed E-state index contributed by atoms with van der Waals surface area (Å²) in [6, 6.07) is -0.225. The van der Waals surface area contributed by atoms with Gasteiger partial charge in [-0.15, -0.1) is 10.2 Å². The standard InChI is InChI=1S/C13H23N5O2S/c1-9(2)5-6-14-12(20)16-11(19)7-21-13-17-15-8-18(13)10(3)4/h8-10H,5-7H2,1-4H3,(H2,14,16,19,20). The fraction of sp³-hybridized carbons (Fsp3) is 0.692. The first-order chi connectivity index (χ1) is 9.90. The van der Waals surface area contributed by atoms with Crippen LogP contribution in [0.5, 0.6) is 0 Å². The number of hydrogen-bond acceptors (Lipinski definition) is 5. The monoisotopic (exact) mass is 313 g/mol. The molecule has 0 bridgehead atoms. The molecule has 21 heavy (non-hydrogen) atoms. The lowest BCUT2D eigenvalue weighted by molar-refractivity contribution is -0.117. The number of imide groups is 1. The average molecular weight is 313 g/mol. The molecule has 1 aromatic rings. The molecule has 0 aliphatic rings. The minimum absolute atomic E-state index is 0.128. The van der Waals surface area contributed by atoms with Gasteiger partial charge >= 0.3 is 6.03 Å². The first kappa shape index (κ1) is 17.5. The highest BCUT2D eigenvalue weighted by Crippen LogP contribution is 2.18. The van der Waals surface area contributed by atoms with E-state index in [0.29, 0.717) is 17.6 Å². The molecular weight excluding hydrogens is 290 g/mol. The Kier molecular flexibility index (Phi) is 7.21. The van der Waals surface area contributed by atoms with E-state index in [1.807, 2.05) is 18.4 Å². The van der Waals surface area contributed by atoms with Crippen molar-refractivity contribution >= 4 is 23.7 Å². The fourth-order valence-corrected chi connectivity index (χ4v) is 2.35. The van der Waals surface area contributed by atoms with Crippen LogP contribution in [0.25, 0.3) is 0 Å². The number of nitrogens with one attached hydrogen (secondary N) is 2. The smallest absolute Gasteiger partial charge is 0.321 e. The third-order valence-corrected chi connectivity index (χ3v) is 3.65. The van der Waals surface area contributed by atoms with Crippen molar-refractivity contribution < 1.29 is 9.59 Å². The zero-order valence-electron chi connectivity index (χ0n) is 12.9. The molecule has 0 aliphatic carbocycles. The number of rotatable bonds is 7. The molecule has 0 radical (unpaired) electrons. The summed E-state index contributed by atoms with van der Waals surface area (Å²) in [6.07, 6.45) is 2.51. The summed E-state index contributed by atoms with van der Waals surface area (Å²) in [7, 11) is 0. The van der Waals surface area contributed by atoms with E-state index in [1.54, 1.807) is 6.33 Å². The van der Waals surface area contributed by atoms with Crippen molar-refractivity contribution in [2.75, 3.05) is 12.3 Å². The molecule has 0 spiro atoms. The first-order valence-electron chi connectivity index (χ1n) is 7.00. The Bertz CT molecular complexity index is 473. The number of carbonyl (C=O) groups is 2. The van der Waals surface area contributed by atoms with Crippen LogP contribution in [-0.4, -0.2) is 39.0 Å². The average Bonchev–Trinajstić information content (AvgIpc) is 2.84. The number of urea groups is 1. The highest BCUT2D eigenvalue weighted by molar-refractivity contribution is 7.99. The van der Waals surface area contributed by atoms with Gasteiger partial charge in [0, 0.05) is 12.6 Å². The van der Waals surface area contributed by atoms with Crippen LogP contribution < -0.4 is 10.6 Å². The molecule has 7 nitrogen and oxygen atoms in total. The quantitative estimate of drug-likeness (QED) is 0.750. The van der Waals surface area contributed by atoms with Crippen LogP contribution in [-0.2, 0) is 4.79 Å². The van der Waals surface area contributed by atoms with Gasteiger partial charge in [0.1, 0.15) is 6.33 Å². The lowest BCUT2D eigenvalue weighted by atomic mass is 10.1. The van der Waals surface area contributed by atoms with Crippen molar-refractivity contribution in [3.8, 4) is 0 Å². The van der Waals surface area contributed by atoms with E-state index in [0.717, 1.165) is 6.42 Å². The maximum absolute atomic E-state index is 11.7. The van der Waals surface area contributed by atoms with Gasteiger partial charge in [-0.2, -0.15) is 0 Å². The largest absolute Gasteiger partial charge is 0.338 e. The molecule has 0 saturated carbocycles. The van der Waals surface area contributed by atoms with E-state index in [-0.39, 0.29) is 17.7 Å². The molecule has 0 aliphatic heterocycles. The van der Waals surface area contributed by atoms with Crippen molar-refractivity contribution in [2.24, 2.45) is 5.92 Å². The number of thioether (sulfide) groups is 1. The van der Waals surface area contributed by atoms with Gasteiger partial charge in [0.2, 0.25) is 5.91 Å². The van der Waals surface area contributed by atoms with E-state index < -0.39 is 6.03 Å². The van der Waals surface area contributed by atoms with Crippen LogP contribution in [0.15, 0.2) is 11.5 Å². The SMILES string of the molecule is CC(C)CCNC(=O)NC(=O)CSc1nncn1C(C)C. The van der Waals surface area contributed by atoms with Gasteiger partial charge in [0.05, 0.1) is 5.75 Å². The Morgan fingerprint density at radius 3 is 2.67 bits per heavy atom.